The lowest BCUT2D eigenvalue weighted by Gasteiger charge is -2.15. The van der Waals surface area contributed by atoms with Gasteiger partial charge in [-0.15, -0.1) is 0 Å². The molecule has 0 amide bonds. The third kappa shape index (κ3) is 3.31. The van der Waals surface area contributed by atoms with Crippen LogP contribution in [0.3, 0.4) is 0 Å². The fourth-order valence-corrected chi connectivity index (χ4v) is 3.34. The summed E-state index contributed by atoms with van der Waals surface area (Å²) in [5, 5.41) is 3.55. The lowest BCUT2D eigenvalue weighted by Crippen LogP contribution is -2.11. The first-order valence-electron chi connectivity index (χ1n) is 8.70. The molecule has 0 spiro atoms. The Balaban J connectivity index is 1.53. The average Bonchev–Trinajstić information content (AvgIpc) is 3.12. The third-order valence-corrected chi connectivity index (χ3v) is 4.67. The molecular weight excluding hydrogens is 300 g/mol. The van der Waals surface area contributed by atoms with Crippen LogP contribution in [-0.4, -0.2) is 34.7 Å². The summed E-state index contributed by atoms with van der Waals surface area (Å²) >= 11 is 0. The Kier molecular flexibility index (Phi) is 4.51. The van der Waals surface area contributed by atoms with E-state index in [0.717, 1.165) is 62.6 Å². The van der Waals surface area contributed by atoms with E-state index in [1.807, 2.05) is 12.1 Å². The zero-order valence-corrected chi connectivity index (χ0v) is 13.8. The maximum Gasteiger partial charge on any atom is 0.161 e. The number of pyridine rings is 1. The van der Waals surface area contributed by atoms with Crippen molar-refractivity contribution >= 4 is 5.82 Å². The standard InChI is InChI=1S/C19H22N4O/c1-2-16-17(3-1)22-18(15-5-9-20-10-6-15)23-19(16)21-11-4-14-7-12-24-13-8-14/h5-7,9-10H,1-4,8,11-13H2,(H,21,22,23). The van der Waals surface area contributed by atoms with Crippen molar-refractivity contribution in [3.63, 3.8) is 0 Å². The minimum atomic E-state index is 0.754. The summed E-state index contributed by atoms with van der Waals surface area (Å²) in [4.78, 5) is 13.7. The Bertz CT molecular complexity index is 743. The first-order valence-corrected chi connectivity index (χ1v) is 8.70. The maximum absolute atomic E-state index is 5.37. The number of aromatic nitrogens is 3. The summed E-state index contributed by atoms with van der Waals surface area (Å²) in [5.74, 6) is 1.81. The molecule has 0 unspecified atom stereocenters. The Hall–Kier alpha value is -2.27. The van der Waals surface area contributed by atoms with E-state index < -0.39 is 0 Å². The van der Waals surface area contributed by atoms with Crippen LogP contribution in [0.15, 0.2) is 36.2 Å². The molecule has 0 saturated heterocycles. The largest absolute Gasteiger partial charge is 0.377 e. The summed E-state index contributed by atoms with van der Waals surface area (Å²) < 4.78 is 5.37. The number of fused-ring (bicyclic) bond motifs is 1. The molecule has 5 heteroatoms. The van der Waals surface area contributed by atoms with Crippen molar-refractivity contribution in [2.75, 3.05) is 25.1 Å². The summed E-state index contributed by atoms with van der Waals surface area (Å²) in [6.07, 6.45) is 11.2. The molecule has 0 saturated carbocycles. The van der Waals surface area contributed by atoms with Crippen molar-refractivity contribution in [1.82, 2.24) is 15.0 Å². The Labute approximate surface area is 142 Å². The highest BCUT2D eigenvalue weighted by Crippen LogP contribution is 2.29. The van der Waals surface area contributed by atoms with Gasteiger partial charge in [0.2, 0.25) is 0 Å². The van der Waals surface area contributed by atoms with E-state index in [2.05, 4.69) is 16.4 Å². The van der Waals surface area contributed by atoms with Crippen LogP contribution in [0, 0.1) is 0 Å². The normalized spacial score (nSPS) is 16.6. The topological polar surface area (TPSA) is 59.9 Å². The van der Waals surface area contributed by atoms with Gasteiger partial charge in [0.15, 0.2) is 5.82 Å². The van der Waals surface area contributed by atoms with Crippen LogP contribution in [-0.2, 0) is 17.6 Å². The summed E-state index contributed by atoms with van der Waals surface area (Å²) in [6, 6.07) is 3.93. The first-order chi connectivity index (χ1) is 11.9. The van der Waals surface area contributed by atoms with Crippen molar-refractivity contribution in [1.29, 1.82) is 0 Å². The molecule has 1 aliphatic carbocycles. The van der Waals surface area contributed by atoms with E-state index in [4.69, 9.17) is 14.7 Å². The highest BCUT2D eigenvalue weighted by molar-refractivity contribution is 5.60. The molecule has 1 aliphatic heterocycles. The molecule has 0 bridgehead atoms. The number of rotatable bonds is 5. The van der Waals surface area contributed by atoms with Crippen LogP contribution >= 0.6 is 0 Å². The number of ether oxygens (including phenoxy) is 1. The lowest BCUT2D eigenvalue weighted by molar-refractivity contribution is 0.153. The number of aryl methyl sites for hydroxylation is 1. The van der Waals surface area contributed by atoms with Gasteiger partial charge in [-0.1, -0.05) is 11.6 Å². The SMILES string of the molecule is C1=C(CCNc2nc(-c3ccncc3)nc3c2CCC3)CCOC1. The van der Waals surface area contributed by atoms with Gasteiger partial charge in [0, 0.05) is 35.8 Å². The second-order valence-corrected chi connectivity index (χ2v) is 6.27. The van der Waals surface area contributed by atoms with E-state index in [9.17, 15) is 0 Å². The van der Waals surface area contributed by atoms with Crippen molar-refractivity contribution in [2.24, 2.45) is 0 Å². The Morgan fingerprint density at radius 3 is 2.83 bits per heavy atom. The van der Waals surface area contributed by atoms with Crippen LogP contribution in [0.1, 0.15) is 30.5 Å². The second-order valence-electron chi connectivity index (χ2n) is 6.27. The average molecular weight is 322 g/mol. The van der Waals surface area contributed by atoms with Gasteiger partial charge >= 0.3 is 0 Å². The molecule has 4 rings (SSSR count). The van der Waals surface area contributed by atoms with Crippen LogP contribution in [0.4, 0.5) is 5.82 Å². The van der Waals surface area contributed by atoms with Gasteiger partial charge in [-0.2, -0.15) is 0 Å². The van der Waals surface area contributed by atoms with E-state index in [1.165, 1.54) is 23.3 Å². The summed E-state index contributed by atoms with van der Waals surface area (Å²) in [7, 11) is 0. The van der Waals surface area contributed by atoms with Gasteiger partial charge in [0.1, 0.15) is 5.82 Å². The van der Waals surface area contributed by atoms with E-state index in [-0.39, 0.29) is 0 Å². The highest BCUT2D eigenvalue weighted by atomic mass is 16.5. The first kappa shape index (κ1) is 15.3. The zero-order chi connectivity index (χ0) is 16.2. The minimum absolute atomic E-state index is 0.754. The van der Waals surface area contributed by atoms with Crippen molar-refractivity contribution < 1.29 is 4.74 Å². The summed E-state index contributed by atoms with van der Waals surface area (Å²) in [6.45, 7) is 2.51. The quantitative estimate of drug-likeness (QED) is 0.857. The van der Waals surface area contributed by atoms with Crippen LogP contribution in [0.5, 0.6) is 0 Å². The molecular formula is C19H22N4O. The monoisotopic (exact) mass is 322 g/mol. The molecule has 0 aromatic carbocycles. The van der Waals surface area contributed by atoms with Crippen LogP contribution in [0.2, 0.25) is 0 Å². The number of nitrogens with zero attached hydrogens (tertiary/aromatic N) is 3. The Morgan fingerprint density at radius 1 is 1.08 bits per heavy atom. The predicted molar refractivity (Wildman–Crippen MR) is 93.9 cm³/mol. The number of anilines is 1. The molecule has 24 heavy (non-hydrogen) atoms. The van der Waals surface area contributed by atoms with E-state index in [0.29, 0.717) is 0 Å². The predicted octanol–water partition coefficient (Wildman–Crippen LogP) is 3.18. The molecule has 2 aromatic rings. The molecule has 2 aromatic heterocycles. The molecule has 0 radical (unpaired) electrons. The molecule has 0 fully saturated rings. The van der Waals surface area contributed by atoms with Gasteiger partial charge < -0.3 is 10.1 Å². The van der Waals surface area contributed by atoms with Gasteiger partial charge in [0.05, 0.1) is 13.2 Å². The molecule has 2 aliphatic rings. The maximum atomic E-state index is 5.37. The molecule has 1 N–H and O–H groups in total. The summed E-state index contributed by atoms with van der Waals surface area (Å²) in [5.41, 5.74) is 5.00. The second kappa shape index (κ2) is 7.09. The fraction of sp³-hybridized carbons (Fsp3) is 0.421. The number of hydrogen-bond donors (Lipinski definition) is 1. The molecule has 3 heterocycles. The molecule has 0 atom stereocenters. The Morgan fingerprint density at radius 2 is 2.00 bits per heavy atom. The minimum Gasteiger partial charge on any atom is -0.377 e. The van der Waals surface area contributed by atoms with E-state index >= 15 is 0 Å². The number of hydrogen-bond acceptors (Lipinski definition) is 5. The smallest absolute Gasteiger partial charge is 0.161 e. The van der Waals surface area contributed by atoms with Crippen LogP contribution < -0.4 is 5.32 Å². The van der Waals surface area contributed by atoms with Crippen molar-refractivity contribution in [3.05, 3.63) is 47.4 Å². The zero-order valence-electron chi connectivity index (χ0n) is 13.8. The van der Waals surface area contributed by atoms with Gasteiger partial charge in [-0.3, -0.25) is 4.98 Å². The van der Waals surface area contributed by atoms with Crippen molar-refractivity contribution in [2.45, 2.75) is 32.1 Å². The van der Waals surface area contributed by atoms with Gasteiger partial charge in [-0.05, 0) is 44.2 Å². The number of nitrogens with one attached hydrogen (secondary N) is 1. The lowest BCUT2D eigenvalue weighted by atomic mass is 10.1. The molecule has 124 valence electrons. The third-order valence-electron chi connectivity index (χ3n) is 4.67. The van der Waals surface area contributed by atoms with E-state index in [1.54, 1.807) is 12.4 Å². The fourth-order valence-electron chi connectivity index (χ4n) is 3.34. The highest BCUT2D eigenvalue weighted by Gasteiger charge is 2.19. The van der Waals surface area contributed by atoms with Gasteiger partial charge in [-0.25, -0.2) is 9.97 Å². The molecule has 5 nitrogen and oxygen atoms in total. The van der Waals surface area contributed by atoms with Crippen molar-refractivity contribution in [3.8, 4) is 11.4 Å². The van der Waals surface area contributed by atoms with Crippen LogP contribution in [0.25, 0.3) is 11.4 Å². The van der Waals surface area contributed by atoms with Gasteiger partial charge in [0.25, 0.3) is 0 Å².